The summed E-state index contributed by atoms with van der Waals surface area (Å²) in [5.41, 5.74) is 0.741. The highest BCUT2D eigenvalue weighted by molar-refractivity contribution is 8.00. The molecule has 0 bridgehead atoms. The van der Waals surface area contributed by atoms with E-state index in [2.05, 4.69) is 10.3 Å². The summed E-state index contributed by atoms with van der Waals surface area (Å²) in [4.78, 5) is 17.4. The van der Waals surface area contributed by atoms with Gasteiger partial charge in [0, 0.05) is 10.4 Å². The summed E-state index contributed by atoms with van der Waals surface area (Å²) in [6.45, 7) is 2.32. The van der Waals surface area contributed by atoms with Gasteiger partial charge < -0.3 is 9.73 Å². The molecule has 24 heavy (non-hydrogen) atoms. The number of thiophene rings is 1. The van der Waals surface area contributed by atoms with Gasteiger partial charge in [-0.2, -0.15) is 0 Å². The number of halogens is 1. The zero-order valence-electron chi connectivity index (χ0n) is 12.9. The Bertz CT molecular complexity index is 800. The van der Waals surface area contributed by atoms with Crippen LogP contribution in [-0.2, 0) is 11.3 Å². The van der Waals surface area contributed by atoms with Gasteiger partial charge >= 0.3 is 0 Å². The van der Waals surface area contributed by atoms with Gasteiger partial charge in [-0.3, -0.25) is 4.79 Å². The zero-order chi connectivity index (χ0) is 16.9. The maximum Gasteiger partial charge on any atom is 0.256 e. The fourth-order valence-electron chi connectivity index (χ4n) is 2.00. The van der Waals surface area contributed by atoms with Crippen molar-refractivity contribution in [2.75, 3.05) is 0 Å². The van der Waals surface area contributed by atoms with E-state index < -0.39 is 0 Å². The third-order valence-electron chi connectivity index (χ3n) is 3.28. The van der Waals surface area contributed by atoms with E-state index in [4.69, 9.17) is 4.42 Å². The predicted molar refractivity (Wildman–Crippen MR) is 93.4 cm³/mol. The van der Waals surface area contributed by atoms with Gasteiger partial charge in [0.15, 0.2) is 5.76 Å². The molecule has 2 aromatic heterocycles. The van der Waals surface area contributed by atoms with Crippen LogP contribution in [0.3, 0.4) is 0 Å². The number of rotatable bonds is 6. The maximum absolute atomic E-state index is 12.9. The van der Waals surface area contributed by atoms with Gasteiger partial charge in [-0.15, -0.1) is 11.3 Å². The molecule has 1 amide bonds. The molecule has 3 aromatic rings. The molecule has 4 nitrogen and oxygen atoms in total. The minimum Gasteiger partial charge on any atom is -0.431 e. The zero-order valence-corrected chi connectivity index (χ0v) is 14.5. The number of oxazole rings is 1. The number of benzene rings is 1. The maximum atomic E-state index is 12.9. The van der Waals surface area contributed by atoms with E-state index in [0.29, 0.717) is 17.5 Å². The summed E-state index contributed by atoms with van der Waals surface area (Å²) in [5, 5.41) is 4.95. The van der Waals surface area contributed by atoms with Crippen molar-refractivity contribution in [2.24, 2.45) is 0 Å². The Kier molecular flexibility index (Phi) is 5.32. The number of amides is 1. The van der Waals surface area contributed by atoms with E-state index >= 15 is 0 Å². The number of aromatic nitrogens is 1. The first kappa shape index (κ1) is 16.7. The standard InChI is InChI=1S/C17H15FN2O2S2/c1-11(16(21)19-9-14-3-2-8-23-14)24-17-20-10-15(22-17)12-4-6-13(18)7-5-12/h2-8,10-11H,9H2,1H3,(H,19,21). The monoisotopic (exact) mass is 362 g/mol. The summed E-state index contributed by atoms with van der Waals surface area (Å²) in [6, 6.07) is 9.92. The van der Waals surface area contributed by atoms with E-state index in [9.17, 15) is 9.18 Å². The lowest BCUT2D eigenvalue weighted by Gasteiger charge is -2.09. The van der Waals surface area contributed by atoms with Crippen LogP contribution in [0.5, 0.6) is 0 Å². The van der Waals surface area contributed by atoms with E-state index in [0.717, 1.165) is 10.4 Å². The molecule has 3 rings (SSSR count). The van der Waals surface area contributed by atoms with Crippen LogP contribution in [0.25, 0.3) is 11.3 Å². The van der Waals surface area contributed by atoms with Crippen molar-refractivity contribution in [3.63, 3.8) is 0 Å². The highest BCUT2D eigenvalue weighted by atomic mass is 32.2. The second kappa shape index (κ2) is 7.63. The van der Waals surface area contributed by atoms with Crippen LogP contribution in [0.15, 0.2) is 57.6 Å². The average molecular weight is 362 g/mol. The average Bonchev–Trinajstić information content (AvgIpc) is 3.25. The summed E-state index contributed by atoms with van der Waals surface area (Å²) < 4.78 is 18.6. The molecule has 0 saturated heterocycles. The molecule has 1 aromatic carbocycles. The molecular formula is C17H15FN2O2S2. The third kappa shape index (κ3) is 4.24. The number of carbonyl (C=O) groups excluding carboxylic acids is 1. The normalized spacial score (nSPS) is 12.1. The first-order valence-corrected chi connectivity index (χ1v) is 9.06. The fourth-order valence-corrected chi connectivity index (χ4v) is 3.38. The van der Waals surface area contributed by atoms with Gasteiger partial charge in [-0.1, -0.05) is 17.8 Å². The molecule has 0 aliphatic rings. The van der Waals surface area contributed by atoms with Crippen LogP contribution >= 0.6 is 23.1 Å². The first-order valence-electron chi connectivity index (χ1n) is 7.30. The van der Waals surface area contributed by atoms with Gasteiger partial charge in [0.1, 0.15) is 5.82 Å². The second-order valence-electron chi connectivity index (χ2n) is 5.05. The lowest BCUT2D eigenvalue weighted by Crippen LogP contribution is -2.30. The van der Waals surface area contributed by atoms with Crippen LogP contribution in [0.4, 0.5) is 4.39 Å². The Balaban J connectivity index is 1.57. The number of carbonyl (C=O) groups is 1. The lowest BCUT2D eigenvalue weighted by molar-refractivity contribution is -0.120. The highest BCUT2D eigenvalue weighted by Crippen LogP contribution is 2.28. The number of hydrogen-bond acceptors (Lipinski definition) is 5. The Hall–Kier alpha value is -2.12. The molecule has 0 spiro atoms. The van der Waals surface area contributed by atoms with E-state index in [-0.39, 0.29) is 17.0 Å². The van der Waals surface area contributed by atoms with Gasteiger partial charge in [0.05, 0.1) is 18.0 Å². The van der Waals surface area contributed by atoms with Crippen molar-refractivity contribution in [1.82, 2.24) is 10.3 Å². The van der Waals surface area contributed by atoms with E-state index in [1.807, 2.05) is 17.5 Å². The largest absolute Gasteiger partial charge is 0.431 e. The smallest absolute Gasteiger partial charge is 0.256 e. The van der Waals surface area contributed by atoms with Crippen molar-refractivity contribution in [1.29, 1.82) is 0 Å². The predicted octanol–water partition coefficient (Wildman–Crippen LogP) is 4.34. The SMILES string of the molecule is CC(Sc1ncc(-c2ccc(F)cc2)o1)C(=O)NCc1cccs1. The molecule has 0 saturated carbocycles. The Morgan fingerprint density at radius 3 is 2.88 bits per heavy atom. The minimum atomic E-state index is -0.329. The topological polar surface area (TPSA) is 55.1 Å². The van der Waals surface area contributed by atoms with Crippen LogP contribution in [0, 0.1) is 5.82 Å². The molecule has 0 fully saturated rings. The second-order valence-corrected chi connectivity index (χ2v) is 7.38. The van der Waals surface area contributed by atoms with Crippen LogP contribution < -0.4 is 5.32 Å². The Morgan fingerprint density at radius 2 is 2.17 bits per heavy atom. The molecule has 0 radical (unpaired) electrons. The molecule has 2 heterocycles. The highest BCUT2D eigenvalue weighted by Gasteiger charge is 2.17. The molecule has 0 aliphatic heterocycles. The Morgan fingerprint density at radius 1 is 1.38 bits per heavy atom. The molecule has 1 N–H and O–H groups in total. The third-order valence-corrected chi connectivity index (χ3v) is 5.11. The quantitative estimate of drug-likeness (QED) is 0.663. The van der Waals surface area contributed by atoms with Gasteiger partial charge in [-0.05, 0) is 42.6 Å². The van der Waals surface area contributed by atoms with Crippen molar-refractivity contribution in [2.45, 2.75) is 23.9 Å². The van der Waals surface area contributed by atoms with Crippen molar-refractivity contribution in [3.05, 3.63) is 58.7 Å². The van der Waals surface area contributed by atoms with Crippen molar-refractivity contribution >= 4 is 29.0 Å². The lowest BCUT2D eigenvalue weighted by atomic mass is 10.2. The van der Waals surface area contributed by atoms with Crippen LogP contribution in [0.2, 0.25) is 0 Å². The molecule has 1 unspecified atom stereocenters. The molecule has 0 aliphatic carbocycles. The molecular weight excluding hydrogens is 347 g/mol. The number of nitrogens with one attached hydrogen (secondary N) is 1. The van der Waals surface area contributed by atoms with E-state index in [1.54, 1.807) is 36.6 Å². The Labute approximate surface area is 147 Å². The molecule has 124 valence electrons. The van der Waals surface area contributed by atoms with E-state index in [1.165, 1.54) is 23.9 Å². The number of thioether (sulfide) groups is 1. The van der Waals surface area contributed by atoms with Crippen LogP contribution in [-0.4, -0.2) is 16.1 Å². The van der Waals surface area contributed by atoms with Gasteiger partial charge in [0.2, 0.25) is 5.91 Å². The molecule has 1 atom stereocenters. The summed E-state index contributed by atoms with van der Waals surface area (Å²) in [6.07, 6.45) is 1.58. The van der Waals surface area contributed by atoms with Gasteiger partial charge in [-0.25, -0.2) is 9.37 Å². The van der Waals surface area contributed by atoms with Gasteiger partial charge in [0.25, 0.3) is 5.22 Å². The number of hydrogen-bond donors (Lipinski definition) is 1. The van der Waals surface area contributed by atoms with Crippen LogP contribution in [0.1, 0.15) is 11.8 Å². The number of nitrogens with zero attached hydrogens (tertiary/aromatic N) is 1. The summed E-state index contributed by atoms with van der Waals surface area (Å²) in [7, 11) is 0. The van der Waals surface area contributed by atoms with Crippen molar-refractivity contribution in [3.8, 4) is 11.3 Å². The fraction of sp³-hybridized carbons (Fsp3) is 0.176. The molecule has 7 heteroatoms. The minimum absolute atomic E-state index is 0.0741. The summed E-state index contributed by atoms with van der Waals surface area (Å²) in [5.74, 6) is 0.169. The van der Waals surface area contributed by atoms with Crippen molar-refractivity contribution < 1.29 is 13.6 Å². The first-order chi connectivity index (χ1) is 11.6. The summed E-state index contributed by atoms with van der Waals surface area (Å²) >= 11 is 2.85.